The average molecular weight is 325 g/mol. The minimum Gasteiger partial charge on any atom is -0.352 e. The second-order valence-electron chi connectivity index (χ2n) is 5.11. The molecule has 0 bridgehead atoms. The van der Waals surface area contributed by atoms with Crippen molar-refractivity contribution in [3.63, 3.8) is 0 Å². The lowest BCUT2D eigenvalue weighted by atomic mass is 10.3. The number of nitrogens with zero attached hydrogens (tertiary/aromatic N) is 1. The van der Waals surface area contributed by atoms with Crippen LogP contribution in [0, 0.1) is 0 Å². The highest BCUT2D eigenvalue weighted by Crippen LogP contribution is 2.07. The molecule has 122 valence electrons. The number of hydrogen-bond acceptors (Lipinski definition) is 4. The highest BCUT2D eigenvalue weighted by Gasteiger charge is 2.16. The Hall–Kier alpha value is -1.89. The van der Waals surface area contributed by atoms with Crippen molar-refractivity contribution in [1.82, 2.24) is 15.5 Å². The van der Waals surface area contributed by atoms with Crippen LogP contribution in [-0.2, 0) is 9.59 Å². The molecule has 0 spiro atoms. The Balaban J connectivity index is 2.35. The molecule has 2 N–H and O–H groups in total. The Morgan fingerprint density at radius 2 is 2.05 bits per heavy atom. The fourth-order valence-electron chi connectivity index (χ4n) is 1.85. The van der Waals surface area contributed by atoms with Crippen LogP contribution in [-0.4, -0.2) is 48.3 Å². The molecule has 0 atom stereocenters. The highest BCUT2D eigenvalue weighted by molar-refractivity contribution is 7.12. The topological polar surface area (TPSA) is 78.5 Å². The Kier molecular flexibility index (Phi) is 7.59. The Morgan fingerprint density at radius 1 is 1.32 bits per heavy atom. The van der Waals surface area contributed by atoms with Gasteiger partial charge in [0.05, 0.1) is 11.4 Å². The largest absolute Gasteiger partial charge is 0.352 e. The van der Waals surface area contributed by atoms with E-state index in [9.17, 15) is 14.4 Å². The summed E-state index contributed by atoms with van der Waals surface area (Å²) in [5.74, 6) is -0.496. The van der Waals surface area contributed by atoms with E-state index < -0.39 is 0 Å². The van der Waals surface area contributed by atoms with Crippen molar-refractivity contribution in [3.8, 4) is 0 Å². The van der Waals surface area contributed by atoms with E-state index in [-0.39, 0.29) is 43.3 Å². The van der Waals surface area contributed by atoms with Gasteiger partial charge in [0.25, 0.3) is 5.91 Å². The first-order chi connectivity index (χ1) is 10.4. The van der Waals surface area contributed by atoms with Crippen LogP contribution in [0.4, 0.5) is 0 Å². The molecule has 0 aliphatic rings. The normalized spacial score (nSPS) is 10.4. The van der Waals surface area contributed by atoms with Gasteiger partial charge in [-0.25, -0.2) is 0 Å². The van der Waals surface area contributed by atoms with Gasteiger partial charge in [-0.15, -0.1) is 11.3 Å². The van der Waals surface area contributed by atoms with Crippen molar-refractivity contribution >= 4 is 29.1 Å². The quantitative estimate of drug-likeness (QED) is 0.755. The minimum absolute atomic E-state index is 0.0476. The SMILES string of the molecule is CCN(CC(=O)NC(C)C)C(=O)CCNC(=O)c1cccs1. The second-order valence-corrected chi connectivity index (χ2v) is 6.06. The number of carbonyl (C=O) groups excluding carboxylic acids is 3. The van der Waals surface area contributed by atoms with E-state index in [0.29, 0.717) is 11.4 Å². The summed E-state index contributed by atoms with van der Waals surface area (Å²) in [6.07, 6.45) is 0.180. The van der Waals surface area contributed by atoms with Crippen molar-refractivity contribution < 1.29 is 14.4 Å². The van der Waals surface area contributed by atoms with E-state index in [1.54, 1.807) is 12.1 Å². The lowest BCUT2D eigenvalue weighted by Crippen LogP contribution is -2.43. The number of nitrogens with one attached hydrogen (secondary N) is 2. The molecule has 1 aromatic rings. The zero-order valence-corrected chi connectivity index (χ0v) is 14.0. The van der Waals surface area contributed by atoms with E-state index in [1.807, 2.05) is 26.2 Å². The molecule has 0 aromatic carbocycles. The first kappa shape index (κ1) is 18.2. The smallest absolute Gasteiger partial charge is 0.261 e. The number of amides is 3. The molecule has 0 saturated carbocycles. The van der Waals surface area contributed by atoms with E-state index >= 15 is 0 Å². The zero-order valence-electron chi connectivity index (χ0n) is 13.2. The summed E-state index contributed by atoms with van der Waals surface area (Å²) in [5, 5.41) is 7.28. The number of rotatable bonds is 8. The molecule has 7 heteroatoms. The van der Waals surface area contributed by atoms with Crippen molar-refractivity contribution in [2.75, 3.05) is 19.6 Å². The number of carbonyl (C=O) groups is 3. The molecule has 0 unspecified atom stereocenters. The summed E-state index contributed by atoms with van der Waals surface area (Å²) in [4.78, 5) is 37.6. The maximum absolute atomic E-state index is 12.1. The maximum atomic E-state index is 12.1. The second kappa shape index (κ2) is 9.19. The molecule has 1 heterocycles. The Labute approximate surface area is 134 Å². The predicted molar refractivity (Wildman–Crippen MR) is 86.8 cm³/mol. The lowest BCUT2D eigenvalue weighted by Gasteiger charge is -2.21. The summed E-state index contributed by atoms with van der Waals surface area (Å²) in [7, 11) is 0. The molecule has 1 aromatic heterocycles. The molecule has 0 saturated heterocycles. The van der Waals surface area contributed by atoms with Gasteiger partial charge in [-0.05, 0) is 32.2 Å². The number of likely N-dealkylation sites (N-methyl/N-ethyl adjacent to an activating group) is 1. The first-order valence-corrected chi connectivity index (χ1v) is 8.20. The summed E-state index contributed by atoms with van der Waals surface area (Å²) in [6, 6.07) is 3.58. The minimum atomic E-state index is -0.177. The maximum Gasteiger partial charge on any atom is 0.261 e. The third-order valence-corrected chi connectivity index (χ3v) is 3.76. The van der Waals surface area contributed by atoms with Crippen LogP contribution in [0.2, 0.25) is 0 Å². The van der Waals surface area contributed by atoms with Crippen LogP contribution in [0.3, 0.4) is 0 Å². The van der Waals surface area contributed by atoms with Crippen molar-refractivity contribution in [2.24, 2.45) is 0 Å². The summed E-state index contributed by atoms with van der Waals surface area (Å²) >= 11 is 1.35. The van der Waals surface area contributed by atoms with Crippen molar-refractivity contribution in [3.05, 3.63) is 22.4 Å². The van der Waals surface area contributed by atoms with E-state index in [1.165, 1.54) is 16.2 Å². The van der Waals surface area contributed by atoms with Crippen LogP contribution in [0.15, 0.2) is 17.5 Å². The summed E-state index contributed by atoms with van der Waals surface area (Å²) < 4.78 is 0. The van der Waals surface area contributed by atoms with E-state index in [2.05, 4.69) is 10.6 Å². The molecule has 6 nitrogen and oxygen atoms in total. The standard InChI is InChI=1S/C15H23N3O3S/c1-4-18(10-13(19)17-11(2)3)14(20)7-8-16-15(21)12-6-5-9-22-12/h5-6,9,11H,4,7-8,10H2,1-3H3,(H,16,21)(H,17,19). The summed E-state index contributed by atoms with van der Waals surface area (Å²) in [6.45, 7) is 6.34. The van der Waals surface area contributed by atoms with Crippen LogP contribution >= 0.6 is 11.3 Å². The fourth-order valence-corrected chi connectivity index (χ4v) is 2.49. The lowest BCUT2D eigenvalue weighted by molar-refractivity contribution is -0.135. The molecule has 0 radical (unpaired) electrons. The van der Waals surface area contributed by atoms with E-state index in [0.717, 1.165) is 0 Å². The fraction of sp³-hybridized carbons (Fsp3) is 0.533. The third kappa shape index (κ3) is 6.26. The van der Waals surface area contributed by atoms with Crippen LogP contribution in [0.25, 0.3) is 0 Å². The van der Waals surface area contributed by atoms with E-state index in [4.69, 9.17) is 0 Å². The molecule has 0 aliphatic heterocycles. The average Bonchev–Trinajstić information content (AvgIpc) is 2.97. The van der Waals surface area contributed by atoms with Crippen molar-refractivity contribution in [1.29, 1.82) is 0 Å². The number of hydrogen-bond donors (Lipinski definition) is 2. The molecular formula is C15H23N3O3S. The van der Waals surface area contributed by atoms with Crippen LogP contribution in [0.5, 0.6) is 0 Å². The molecule has 3 amide bonds. The Bertz CT molecular complexity index is 500. The predicted octanol–water partition coefficient (Wildman–Crippen LogP) is 1.24. The van der Waals surface area contributed by atoms with Gasteiger partial charge in [0.2, 0.25) is 11.8 Å². The van der Waals surface area contributed by atoms with Gasteiger partial charge in [0, 0.05) is 25.6 Å². The van der Waals surface area contributed by atoms with Gasteiger partial charge in [-0.1, -0.05) is 6.07 Å². The molecular weight excluding hydrogens is 302 g/mol. The van der Waals surface area contributed by atoms with Crippen LogP contribution in [0.1, 0.15) is 36.9 Å². The van der Waals surface area contributed by atoms with Gasteiger partial charge in [0.15, 0.2) is 0 Å². The third-order valence-electron chi connectivity index (χ3n) is 2.89. The molecule has 0 fully saturated rings. The van der Waals surface area contributed by atoms with Gasteiger partial charge < -0.3 is 15.5 Å². The Morgan fingerprint density at radius 3 is 2.59 bits per heavy atom. The van der Waals surface area contributed by atoms with Crippen LogP contribution < -0.4 is 10.6 Å². The first-order valence-electron chi connectivity index (χ1n) is 7.32. The monoisotopic (exact) mass is 325 g/mol. The summed E-state index contributed by atoms with van der Waals surface area (Å²) in [5.41, 5.74) is 0. The number of thiophene rings is 1. The van der Waals surface area contributed by atoms with Gasteiger partial charge in [0.1, 0.15) is 0 Å². The highest BCUT2D eigenvalue weighted by atomic mass is 32.1. The van der Waals surface area contributed by atoms with Gasteiger partial charge in [-0.3, -0.25) is 14.4 Å². The van der Waals surface area contributed by atoms with Crippen molar-refractivity contribution in [2.45, 2.75) is 33.2 Å². The molecule has 0 aliphatic carbocycles. The van der Waals surface area contributed by atoms with Gasteiger partial charge in [-0.2, -0.15) is 0 Å². The molecule has 1 rings (SSSR count). The van der Waals surface area contributed by atoms with Gasteiger partial charge >= 0.3 is 0 Å². The molecule has 22 heavy (non-hydrogen) atoms. The zero-order chi connectivity index (χ0) is 16.5.